The summed E-state index contributed by atoms with van der Waals surface area (Å²) in [4.78, 5) is 25.5. The Morgan fingerprint density at radius 2 is 2.00 bits per heavy atom. The van der Waals surface area contributed by atoms with Gasteiger partial charge in [0.25, 0.3) is 5.91 Å². The summed E-state index contributed by atoms with van der Waals surface area (Å²) in [5.74, 6) is 0.725. The third-order valence-corrected chi connectivity index (χ3v) is 4.58. The number of carbonyl (C=O) groups is 1. The van der Waals surface area contributed by atoms with Gasteiger partial charge in [-0.15, -0.1) is 0 Å². The van der Waals surface area contributed by atoms with Crippen LogP contribution in [0, 0.1) is 6.92 Å². The van der Waals surface area contributed by atoms with Crippen molar-refractivity contribution in [1.29, 1.82) is 0 Å². The van der Waals surface area contributed by atoms with Crippen LogP contribution in [-0.4, -0.2) is 57.9 Å². The molecule has 3 rings (SSSR count). The van der Waals surface area contributed by atoms with Crippen molar-refractivity contribution in [2.75, 3.05) is 20.1 Å². The van der Waals surface area contributed by atoms with Crippen molar-refractivity contribution in [3.8, 4) is 0 Å². The molecule has 2 aliphatic rings. The number of likely N-dealkylation sites (tertiary alicyclic amines) is 2. The molecule has 2 saturated heterocycles. The van der Waals surface area contributed by atoms with Crippen molar-refractivity contribution in [2.24, 2.45) is 0 Å². The molecule has 20 heavy (non-hydrogen) atoms. The molecule has 3 heterocycles. The Balaban J connectivity index is 1.79. The zero-order valence-corrected chi connectivity index (χ0v) is 12.2. The van der Waals surface area contributed by atoms with E-state index in [1.54, 1.807) is 12.3 Å². The van der Waals surface area contributed by atoms with Gasteiger partial charge in [-0.25, -0.2) is 9.97 Å². The lowest BCUT2D eigenvalue weighted by Crippen LogP contribution is -2.47. The van der Waals surface area contributed by atoms with E-state index in [-0.39, 0.29) is 5.91 Å². The van der Waals surface area contributed by atoms with Crippen molar-refractivity contribution in [3.63, 3.8) is 0 Å². The molecule has 2 aliphatic heterocycles. The summed E-state index contributed by atoms with van der Waals surface area (Å²) >= 11 is 0. The van der Waals surface area contributed by atoms with E-state index in [0.717, 1.165) is 25.9 Å². The molecule has 0 N–H and O–H groups in total. The zero-order valence-electron chi connectivity index (χ0n) is 12.2. The van der Waals surface area contributed by atoms with Crippen molar-refractivity contribution < 1.29 is 4.79 Å². The SMILES string of the molecule is Cc1nccc(C(=O)N2CCC[C@@H]2[C@@H]2CCCN2C)n1. The van der Waals surface area contributed by atoms with Crippen molar-refractivity contribution in [3.05, 3.63) is 23.8 Å². The summed E-state index contributed by atoms with van der Waals surface area (Å²) in [6.07, 6.45) is 6.33. The standard InChI is InChI=1S/C15H22N4O/c1-11-16-8-7-12(17-11)15(20)19-10-4-6-14(19)13-5-3-9-18(13)2/h7-8,13-14H,3-6,9-10H2,1-2H3/t13-,14+/m0/s1. The minimum Gasteiger partial charge on any atom is -0.333 e. The molecule has 2 atom stereocenters. The van der Waals surface area contributed by atoms with Crippen LogP contribution in [0.15, 0.2) is 12.3 Å². The van der Waals surface area contributed by atoms with E-state index >= 15 is 0 Å². The number of hydrogen-bond acceptors (Lipinski definition) is 4. The van der Waals surface area contributed by atoms with Gasteiger partial charge in [-0.05, 0) is 52.3 Å². The van der Waals surface area contributed by atoms with Gasteiger partial charge in [-0.2, -0.15) is 0 Å². The Morgan fingerprint density at radius 3 is 2.70 bits per heavy atom. The van der Waals surface area contributed by atoms with Crippen LogP contribution in [0.3, 0.4) is 0 Å². The van der Waals surface area contributed by atoms with Gasteiger partial charge in [0.1, 0.15) is 11.5 Å². The highest BCUT2D eigenvalue weighted by atomic mass is 16.2. The maximum atomic E-state index is 12.7. The molecule has 0 aliphatic carbocycles. The van der Waals surface area contributed by atoms with E-state index in [2.05, 4.69) is 21.9 Å². The minimum atomic E-state index is 0.0679. The number of aromatic nitrogens is 2. The summed E-state index contributed by atoms with van der Waals surface area (Å²) in [6, 6.07) is 2.60. The highest BCUT2D eigenvalue weighted by molar-refractivity contribution is 5.92. The normalized spacial score (nSPS) is 27.2. The first-order valence-corrected chi connectivity index (χ1v) is 7.47. The third-order valence-electron chi connectivity index (χ3n) is 4.58. The maximum Gasteiger partial charge on any atom is 0.272 e. The van der Waals surface area contributed by atoms with Crippen LogP contribution in [0.1, 0.15) is 42.0 Å². The van der Waals surface area contributed by atoms with Gasteiger partial charge in [-0.1, -0.05) is 0 Å². The van der Waals surface area contributed by atoms with Crippen LogP contribution < -0.4 is 0 Å². The lowest BCUT2D eigenvalue weighted by atomic mass is 10.0. The molecule has 0 spiro atoms. The molecular weight excluding hydrogens is 252 g/mol. The van der Waals surface area contributed by atoms with Crippen molar-refractivity contribution in [2.45, 2.75) is 44.7 Å². The monoisotopic (exact) mass is 274 g/mol. The fraction of sp³-hybridized carbons (Fsp3) is 0.667. The maximum absolute atomic E-state index is 12.7. The largest absolute Gasteiger partial charge is 0.333 e. The van der Waals surface area contributed by atoms with Gasteiger partial charge in [0.2, 0.25) is 0 Å². The first-order chi connectivity index (χ1) is 9.66. The molecule has 0 aromatic carbocycles. The Labute approximate surface area is 120 Å². The molecule has 0 saturated carbocycles. The van der Waals surface area contributed by atoms with E-state index in [1.807, 2.05) is 11.8 Å². The van der Waals surface area contributed by atoms with Gasteiger partial charge >= 0.3 is 0 Å². The second kappa shape index (κ2) is 5.48. The summed E-state index contributed by atoms with van der Waals surface area (Å²) in [6.45, 7) is 3.83. The number of aryl methyl sites for hydroxylation is 1. The van der Waals surface area contributed by atoms with Crippen LogP contribution in [0.4, 0.5) is 0 Å². The number of hydrogen-bond donors (Lipinski definition) is 0. The van der Waals surface area contributed by atoms with E-state index in [1.165, 1.54) is 12.8 Å². The highest BCUT2D eigenvalue weighted by Gasteiger charge is 2.38. The predicted octanol–water partition coefficient (Wildman–Crippen LogP) is 1.48. The van der Waals surface area contributed by atoms with Crippen molar-refractivity contribution >= 4 is 5.91 Å². The van der Waals surface area contributed by atoms with Gasteiger partial charge in [0.05, 0.1) is 0 Å². The van der Waals surface area contributed by atoms with Crippen LogP contribution >= 0.6 is 0 Å². The smallest absolute Gasteiger partial charge is 0.272 e. The molecule has 0 radical (unpaired) electrons. The molecule has 0 bridgehead atoms. The number of rotatable bonds is 2. The van der Waals surface area contributed by atoms with Gasteiger partial charge < -0.3 is 9.80 Å². The minimum absolute atomic E-state index is 0.0679. The van der Waals surface area contributed by atoms with Crippen molar-refractivity contribution in [1.82, 2.24) is 19.8 Å². The summed E-state index contributed by atoms with van der Waals surface area (Å²) in [5.41, 5.74) is 0.532. The fourth-order valence-electron chi connectivity index (χ4n) is 3.59. The van der Waals surface area contributed by atoms with Gasteiger partial charge in [0.15, 0.2) is 0 Å². The molecule has 1 aromatic rings. The molecule has 5 nitrogen and oxygen atoms in total. The Morgan fingerprint density at radius 1 is 1.25 bits per heavy atom. The fourth-order valence-corrected chi connectivity index (χ4v) is 3.59. The Hall–Kier alpha value is -1.49. The zero-order chi connectivity index (χ0) is 14.1. The highest BCUT2D eigenvalue weighted by Crippen LogP contribution is 2.29. The van der Waals surface area contributed by atoms with E-state index in [0.29, 0.717) is 23.6 Å². The molecular formula is C15H22N4O. The first-order valence-electron chi connectivity index (χ1n) is 7.47. The number of likely N-dealkylation sites (N-methyl/N-ethyl adjacent to an activating group) is 1. The molecule has 2 fully saturated rings. The summed E-state index contributed by atoms with van der Waals surface area (Å²) in [5, 5.41) is 0. The average molecular weight is 274 g/mol. The van der Waals surface area contributed by atoms with Gasteiger partial charge in [-0.3, -0.25) is 4.79 Å². The summed E-state index contributed by atoms with van der Waals surface area (Å²) in [7, 11) is 2.17. The predicted molar refractivity (Wildman–Crippen MR) is 76.5 cm³/mol. The third kappa shape index (κ3) is 2.42. The van der Waals surface area contributed by atoms with Crippen LogP contribution in [0.25, 0.3) is 0 Å². The van der Waals surface area contributed by atoms with Crippen LogP contribution in [-0.2, 0) is 0 Å². The van der Waals surface area contributed by atoms with Crippen LogP contribution in [0.2, 0.25) is 0 Å². The second-order valence-corrected chi connectivity index (χ2v) is 5.89. The number of amides is 1. The lowest BCUT2D eigenvalue weighted by molar-refractivity contribution is 0.0658. The van der Waals surface area contributed by atoms with E-state index in [4.69, 9.17) is 0 Å². The second-order valence-electron chi connectivity index (χ2n) is 5.89. The molecule has 0 unspecified atom stereocenters. The molecule has 1 amide bonds. The average Bonchev–Trinajstić information content (AvgIpc) is 3.06. The Kier molecular flexibility index (Phi) is 3.70. The quantitative estimate of drug-likeness (QED) is 0.820. The van der Waals surface area contributed by atoms with Gasteiger partial charge in [0, 0.05) is 24.8 Å². The lowest BCUT2D eigenvalue weighted by Gasteiger charge is -2.33. The van der Waals surface area contributed by atoms with E-state index < -0.39 is 0 Å². The van der Waals surface area contributed by atoms with Crippen LogP contribution in [0.5, 0.6) is 0 Å². The number of nitrogens with zero attached hydrogens (tertiary/aromatic N) is 4. The van der Waals surface area contributed by atoms with E-state index in [9.17, 15) is 4.79 Å². The first kappa shape index (κ1) is 13.5. The Bertz CT molecular complexity index is 504. The molecule has 108 valence electrons. The summed E-state index contributed by atoms with van der Waals surface area (Å²) < 4.78 is 0. The molecule has 5 heteroatoms. The molecule has 1 aromatic heterocycles. The number of carbonyl (C=O) groups excluding carboxylic acids is 1. The topological polar surface area (TPSA) is 49.3 Å².